The molecule has 1 heterocycles. The molecule has 19 heavy (non-hydrogen) atoms. The number of nitrogens with zero attached hydrogens (tertiary/aromatic N) is 2. The first kappa shape index (κ1) is 13.3. The van der Waals surface area contributed by atoms with Gasteiger partial charge in [-0.05, 0) is 24.6 Å². The van der Waals surface area contributed by atoms with E-state index in [9.17, 15) is 0 Å². The van der Waals surface area contributed by atoms with Crippen LogP contribution in [0.3, 0.4) is 0 Å². The number of methoxy groups -OCH3 is 1. The van der Waals surface area contributed by atoms with Crippen molar-refractivity contribution < 1.29 is 4.74 Å². The van der Waals surface area contributed by atoms with E-state index in [0.29, 0.717) is 12.6 Å². The number of hydrogen-bond acceptors (Lipinski definition) is 5. The second kappa shape index (κ2) is 6.70. The lowest BCUT2D eigenvalue weighted by Crippen LogP contribution is -2.09. The lowest BCUT2D eigenvalue weighted by Gasteiger charge is -2.09. The third kappa shape index (κ3) is 3.93. The van der Waals surface area contributed by atoms with E-state index in [-0.39, 0.29) is 0 Å². The van der Waals surface area contributed by atoms with Gasteiger partial charge in [0.1, 0.15) is 5.82 Å². The van der Waals surface area contributed by atoms with Crippen LogP contribution in [0.25, 0.3) is 0 Å². The molecule has 0 aliphatic carbocycles. The molecule has 0 fully saturated rings. The van der Waals surface area contributed by atoms with Crippen molar-refractivity contribution in [3.63, 3.8) is 0 Å². The van der Waals surface area contributed by atoms with Gasteiger partial charge in [-0.25, -0.2) is 4.98 Å². The summed E-state index contributed by atoms with van der Waals surface area (Å²) in [4.78, 5) is 8.60. The van der Waals surface area contributed by atoms with Gasteiger partial charge in [-0.15, -0.1) is 0 Å². The van der Waals surface area contributed by atoms with E-state index in [1.54, 1.807) is 13.3 Å². The lowest BCUT2D eigenvalue weighted by molar-refractivity contribution is 0.210. The summed E-state index contributed by atoms with van der Waals surface area (Å²) in [7, 11) is 1.67. The molecule has 0 bridgehead atoms. The topological polar surface area (TPSA) is 59.1 Å². The Bertz CT molecular complexity index is 530. The molecule has 2 aromatic rings. The van der Waals surface area contributed by atoms with Crippen LogP contribution in [-0.2, 0) is 4.74 Å². The number of ether oxygens (including phenoxy) is 1. The number of benzene rings is 1. The van der Waals surface area contributed by atoms with Gasteiger partial charge in [0.25, 0.3) is 0 Å². The van der Waals surface area contributed by atoms with Crippen molar-refractivity contribution in [1.29, 1.82) is 0 Å². The minimum absolute atomic E-state index is 0.580. The smallest absolute Gasteiger partial charge is 0.229 e. The fourth-order valence-electron chi connectivity index (χ4n) is 1.63. The van der Waals surface area contributed by atoms with E-state index in [4.69, 9.17) is 4.74 Å². The first-order chi connectivity index (χ1) is 9.29. The van der Waals surface area contributed by atoms with E-state index in [0.717, 1.165) is 23.6 Å². The Morgan fingerprint density at radius 2 is 2.05 bits per heavy atom. The minimum atomic E-state index is 0.580. The van der Waals surface area contributed by atoms with Crippen LogP contribution in [0.1, 0.15) is 5.56 Å². The molecule has 100 valence electrons. The lowest BCUT2D eigenvalue weighted by atomic mass is 10.2. The highest BCUT2D eigenvalue weighted by atomic mass is 16.5. The maximum absolute atomic E-state index is 4.98. The third-order valence-corrected chi connectivity index (χ3v) is 2.66. The van der Waals surface area contributed by atoms with Gasteiger partial charge in [0.2, 0.25) is 5.95 Å². The molecular weight excluding hydrogens is 240 g/mol. The molecule has 0 spiro atoms. The van der Waals surface area contributed by atoms with Gasteiger partial charge in [0.15, 0.2) is 0 Å². The molecule has 5 nitrogen and oxygen atoms in total. The highest BCUT2D eigenvalue weighted by Crippen LogP contribution is 2.17. The van der Waals surface area contributed by atoms with Crippen molar-refractivity contribution in [1.82, 2.24) is 9.97 Å². The van der Waals surface area contributed by atoms with E-state index >= 15 is 0 Å². The van der Waals surface area contributed by atoms with Crippen LogP contribution in [-0.4, -0.2) is 30.2 Å². The number of para-hydroxylation sites is 1. The monoisotopic (exact) mass is 258 g/mol. The minimum Gasteiger partial charge on any atom is -0.383 e. The Morgan fingerprint density at radius 1 is 1.21 bits per heavy atom. The van der Waals surface area contributed by atoms with Crippen LogP contribution < -0.4 is 10.6 Å². The fourth-order valence-corrected chi connectivity index (χ4v) is 1.63. The van der Waals surface area contributed by atoms with Crippen molar-refractivity contribution in [2.75, 3.05) is 30.9 Å². The predicted octanol–water partition coefficient (Wildman–Crippen LogP) is 2.59. The van der Waals surface area contributed by atoms with E-state index in [1.807, 2.05) is 37.3 Å². The molecule has 0 amide bonds. The van der Waals surface area contributed by atoms with Crippen LogP contribution in [0.2, 0.25) is 0 Å². The molecule has 0 aliphatic rings. The maximum Gasteiger partial charge on any atom is 0.229 e. The van der Waals surface area contributed by atoms with Crippen molar-refractivity contribution in [3.05, 3.63) is 42.1 Å². The Kier molecular flexibility index (Phi) is 4.69. The van der Waals surface area contributed by atoms with Gasteiger partial charge < -0.3 is 15.4 Å². The van der Waals surface area contributed by atoms with Crippen molar-refractivity contribution >= 4 is 17.5 Å². The third-order valence-electron chi connectivity index (χ3n) is 2.66. The number of hydrogen-bond donors (Lipinski definition) is 2. The van der Waals surface area contributed by atoms with Crippen LogP contribution in [0, 0.1) is 6.92 Å². The molecule has 2 rings (SSSR count). The summed E-state index contributed by atoms with van der Waals surface area (Å²) in [6.07, 6.45) is 1.72. The first-order valence-corrected chi connectivity index (χ1v) is 6.18. The predicted molar refractivity (Wildman–Crippen MR) is 76.9 cm³/mol. The van der Waals surface area contributed by atoms with Gasteiger partial charge >= 0.3 is 0 Å². The highest BCUT2D eigenvalue weighted by molar-refractivity contribution is 5.58. The van der Waals surface area contributed by atoms with Crippen molar-refractivity contribution in [3.8, 4) is 0 Å². The molecule has 1 aromatic heterocycles. The summed E-state index contributed by atoms with van der Waals surface area (Å²) < 4.78 is 4.98. The van der Waals surface area contributed by atoms with Crippen molar-refractivity contribution in [2.24, 2.45) is 0 Å². The number of rotatable bonds is 6. The summed E-state index contributed by atoms with van der Waals surface area (Å²) >= 11 is 0. The Hall–Kier alpha value is -2.14. The number of aromatic nitrogens is 2. The standard InChI is InChI=1S/C14H18N4O/c1-11-5-3-4-6-12(11)17-14-16-8-7-13(18-14)15-9-10-19-2/h3-8H,9-10H2,1-2H3,(H2,15,16,17,18). The molecule has 0 radical (unpaired) electrons. The molecule has 5 heteroatoms. The number of nitrogens with one attached hydrogen (secondary N) is 2. The summed E-state index contributed by atoms with van der Waals surface area (Å²) in [6.45, 7) is 3.41. The Morgan fingerprint density at radius 3 is 2.84 bits per heavy atom. The molecule has 0 atom stereocenters. The highest BCUT2D eigenvalue weighted by Gasteiger charge is 2.01. The fraction of sp³-hybridized carbons (Fsp3) is 0.286. The number of anilines is 3. The quantitative estimate of drug-likeness (QED) is 0.780. The molecule has 0 aliphatic heterocycles. The average molecular weight is 258 g/mol. The van der Waals surface area contributed by atoms with Crippen LogP contribution >= 0.6 is 0 Å². The Balaban J connectivity index is 2.05. The van der Waals surface area contributed by atoms with Crippen LogP contribution in [0.5, 0.6) is 0 Å². The molecule has 0 saturated heterocycles. The largest absolute Gasteiger partial charge is 0.383 e. The van der Waals surface area contributed by atoms with Crippen LogP contribution in [0.15, 0.2) is 36.5 Å². The van der Waals surface area contributed by atoms with Crippen molar-refractivity contribution in [2.45, 2.75) is 6.92 Å². The summed E-state index contributed by atoms with van der Waals surface area (Å²) in [6, 6.07) is 9.87. The molecule has 1 aromatic carbocycles. The summed E-state index contributed by atoms with van der Waals surface area (Å²) in [5.41, 5.74) is 2.17. The van der Waals surface area contributed by atoms with E-state index in [2.05, 4.69) is 20.6 Å². The average Bonchev–Trinajstić information content (AvgIpc) is 2.42. The van der Waals surface area contributed by atoms with Gasteiger partial charge in [-0.2, -0.15) is 4.98 Å². The number of aryl methyl sites for hydroxylation is 1. The van der Waals surface area contributed by atoms with Gasteiger partial charge in [0, 0.05) is 25.5 Å². The molecule has 0 saturated carbocycles. The normalized spacial score (nSPS) is 10.2. The second-order valence-electron chi connectivity index (χ2n) is 4.12. The van der Waals surface area contributed by atoms with E-state index in [1.165, 1.54) is 0 Å². The van der Waals surface area contributed by atoms with E-state index < -0.39 is 0 Å². The molecular formula is C14H18N4O. The molecule has 2 N–H and O–H groups in total. The zero-order chi connectivity index (χ0) is 13.5. The first-order valence-electron chi connectivity index (χ1n) is 6.18. The van der Waals surface area contributed by atoms with Gasteiger partial charge in [-0.3, -0.25) is 0 Å². The van der Waals surface area contributed by atoms with Crippen LogP contribution in [0.4, 0.5) is 17.5 Å². The zero-order valence-electron chi connectivity index (χ0n) is 11.2. The summed E-state index contributed by atoms with van der Waals surface area (Å²) in [5.74, 6) is 1.36. The maximum atomic E-state index is 4.98. The summed E-state index contributed by atoms with van der Waals surface area (Å²) in [5, 5.41) is 6.38. The second-order valence-corrected chi connectivity index (χ2v) is 4.12. The van der Waals surface area contributed by atoms with Gasteiger partial charge in [0.05, 0.1) is 6.61 Å². The zero-order valence-corrected chi connectivity index (χ0v) is 11.2. The Labute approximate surface area is 113 Å². The SMILES string of the molecule is COCCNc1ccnc(Nc2ccccc2C)n1. The molecule has 0 unspecified atom stereocenters. The van der Waals surface area contributed by atoms with Gasteiger partial charge in [-0.1, -0.05) is 18.2 Å².